The Kier molecular flexibility index (Phi) is 7.10. The molecule has 40 heavy (non-hydrogen) atoms. The Morgan fingerprint density at radius 3 is 2.45 bits per heavy atom. The van der Waals surface area contributed by atoms with Gasteiger partial charge in [0.25, 0.3) is 6.01 Å². The molecule has 0 spiro atoms. The number of benzene rings is 2. The van der Waals surface area contributed by atoms with Gasteiger partial charge in [-0.25, -0.2) is 9.67 Å². The molecule has 12 nitrogen and oxygen atoms in total. The average Bonchev–Trinajstić information content (AvgIpc) is 3.70. The van der Waals surface area contributed by atoms with Crippen LogP contribution in [0.2, 0.25) is 5.02 Å². The fourth-order valence-electron chi connectivity index (χ4n) is 4.57. The van der Waals surface area contributed by atoms with Crippen molar-refractivity contribution in [2.24, 2.45) is 0 Å². The predicted molar refractivity (Wildman–Crippen MR) is 144 cm³/mol. The normalized spacial score (nSPS) is 18.7. The van der Waals surface area contributed by atoms with Gasteiger partial charge in [-0.05, 0) is 27.6 Å². The van der Waals surface area contributed by atoms with Crippen molar-refractivity contribution in [3.63, 3.8) is 0 Å². The fraction of sp³-hybridized carbons (Fsp3) is 0.259. The highest BCUT2D eigenvalue weighted by molar-refractivity contribution is 6.33. The summed E-state index contributed by atoms with van der Waals surface area (Å²) in [6.07, 6.45) is -1.98. The first kappa shape index (κ1) is 25.8. The number of pyridine rings is 1. The molecule has 6 rings (SSSR count). The number of ether oxygens (including phenoxy) is 2. The maximum atomic E-state index is 10.2. The van der Waals surface area contributed by atoms with Crippen LogP contribution in [0.15, 0.2) is 54.6 Å². The lowest BCUT2D eigenvalue weighted by Gasteiger charge is -2.15. The molecule has 202 valence electrons. The number of aromatic nitrogens is 7. The number of aliphatic hydroxyl groups is 2. The van der Waals surface area contributed by atoms with Gasteiger partial charge in [0.15, 0.2) is 17.6 Å². The van der Waals surface area contributed by atoms with Crippen LogP contribution in [-0.2, 0) is 11.3 Å². The summed E-state index contributed by atoms with van der Waals surface area (Å²) in [6.45, 7) is 0.275. The first-order chi connectivity index (χ1) is 19.5. The Bertz CT molecular complexity index is 1680. The molecule has 3 atom stereocenters. The molecule has 1 aliphatic heterocycles. The van der Waals surface area contributed by atoms with Crippen molar-refractivity contribution >= 4 is 22.8 Å². The number of nitrogens with one attached hydrogen (secondary N) is 1. The monoisotopic (exact) mass is 558 g/mol. The van der Waals surface area contributed by atoms with E-state index in [4.69, 9.17) is 26.3 Å². The third-order valence-electron chi connectivity index (χ3n) is 6.69. The van der Waals surface area contributed by atoms with Crippen molar-refractivity contribution < 1.29 is 19.7 Å². The lowest BCUT2D eigenvalue weighted by atomic mass is 10.0. The zero-order chi connectivity index (χ0) is 27.6. The van der Waals surface area contributed by atoms with Crippen LogP contribution in [0.3, 0.4) is 0 Å². The number of tetrazole rings is 1. The number of aliphatic hydroxyl groups excluding tert-OH is 2. The van der Waals surface area contributed by atoms with E-state index in [0.717, 1.165) is 22.3 Å². The molecule has 3 aromatic heterocycles. The molecule has 0 bridgehead atoms. The van der Waals surface area contributed by atoms with E-state index in [9.17, 15) is 10.2 Å². The van der Waals surface area contributed by atoms with Crippen molar-refractivity contribution in [3.8, 4) is 45.9 Å². The molecule has 1 saturated heterocycles. The van der Waals surface area contributed by atoms with Crippen LogP contribution in [0.25, 0.3) is 44.9 Å². The zero-order valence-electron chi connectivity index (χ0n) is 21.0. The zero-order valence-corrected chi connectivity index (χ0v) is 21.7. The second kappa shape index (κ2) is 11.0. The highest BCUT2D eigenvalue weighted by Gasteiger charge is 2.37. The maximum Gasteiger partial charge on any atom is 0.296 e. The van der Waals surface area contributed by atoms with Gasteiger partial charge in [-0.3, -0.25) is 0 Å². The van der Waals surface area contributed by atoms with Gasteiger partial charge >= 0.3 is 0 Å². The van der Waals surface area contributed by atoms with Crippen LogP contribution in [-0.4, -0.2) is 76.9 Å². The first-order valence-corrected chi connectivity index (χ1v) is 12.9. The standard InChI is InChI=1S/C27H23ClN8O4/c28-19-12-20-25(32-27(30-20)40-22-14-39-21(13-37)24(22)38)31-23(19)17-6-2-15(3-7-17)16-4-8-18(9-5-16)26-33-34-35-36(26)11-1-10-29/h2-9,12,21-22,24,37-38H,1,11,13-14H2,(H,30,31,32)/t21-,22-,24-/m1/s1. The minimum atomic E-state index is -0.966. The quantitative estimate of drug-likeness (QED) is 0.257. The SMILES string of the molecule is N#CCCn1nnnc1-c1ccc(-c2ccc(-c3nc4nc(O[C@@H]5CO[C@H](CO)[C@H]5O)[nH]c4cc3Cl)cc2)cc1. The topological polar surface area (TPSA) is 168 Å². The van der Waals surface area contributed by atoms with Crippen LogP contribution in [0, 0.1) is 11.3 Å². The number of aryl methyl sites for hydroxylation is 1. The molecular weight excluding hydrogens is 536 g/mol. The summed E-state index contributed by atoms with van der Waals surface area (Å²) in [4.78, 5) is 12.0. The molecule has 0 saturated carbocycles. The number of rotatable bonds is 8. The van der Waals surface area contributed by atoms with Gasteiger partial charge in [0.05, 0.1) is 48.5 Å². The summed E-state index contributed by atoms with van der Waals surface area (Å²) in [5.74, 6) is 0.613. The highest BCUT2D eigenvalue weighted by Crippen LogP contribution is 2.32. The number of halogens is 1. The molecule has 5 aromatic rings. The molecule has 1 aliphatic rings. The van der Waals surface area contributed by atoms with Crippen LogP contribution in [0.4, 0.5) is 0 Å². The lowest BCUT2D eigenvalue weighted by molar-refractivity contribution is -0.00390. The third kappa shape index (κ3) is 4.99. The van der Waals surface area contributed by atoms with Crippen molar-refractivity contribution in [3.05, 3.63) is 59.6 Å². The van der Waals surface area contributed by atoms with E-state index in [1.165, 1.54) is 0 Å². The minimum Gasteiger partial charge on any atom is -0.456 e. The van der Waals surface area contributed by atoms with Crippen molar-refractivity contribution in [1.29, 1.82) is 5.26 Å². The van der Waals surface area contributed by atoms with E-state index in [0.29, 0.717) is 40.7 Å². The van der Waals surface area contributed by atoms with Gasteiger partial charge in [-0.2, -0.15) is 10.2 Å². The van der Waals surface area contributed by atoms with Gasteiger partial charge in [0.1, 0.15) is 12.2 Å². The van der Waals surface area contributed by atoms with Crippen molar-refractivity contribution in [1.82, 2.24) is 35.2 Å². The number of aromatic amines is 1. The summed E-state index contributed by atoms with van der Waals surface area (Å²) < 4.78 is 12.7. The van der Waals surface area contributed by atoms with E-state index in [-0.39, 0.29) is 19.2 Å². The molecular formula is C27H23ClN8O4. The lowest BCUT2D eigenvalue weighted by Crippen LogP contribution is -2.36. The number of hydrogen-bond acceptors (Lipinski definition) is 10. The minimum absolute atomic E-state index is 0.138. The van der Waals surface area contributed by atoms with Gasteiger partial charge in [-0.15, -0.1) is 5.10 Å². The van der Waals surface area contributed by atoms with E-state index < -0.39 is 18.3 Å². The van der Waals surface area contributed by atoms with E-state index in [1.807, 2.05) is 48.5 Å². The molecule has 2 aromatic carbocycles. The Morgan fingerprint density at radius 2 is 1.77 bits per heavy atom. The van der Waals surface area contributed by atoms with Gasteiger partial charge < -0.3 is 24.7 Å². The van der Waals surface area contributed by atoms with Gasteiger partial charge in [-0.1, -0.05) is 60.1 Å². The van der Waals surface area contributed by atoms with E-state index in [2.05, 4.69) is 36.5 Å². The van der Waals surface area contributed by atoms with Crippen LogP contribution < -0.4 is 4.74 Å². The number of imidazole rings is 1. The number of hydrogen-bond donors (Lipinski definition) is 3. The van der Waals surface area contributed by atoms with Crippen LogP contribution in [0.5, 0.6) is 6.01 Å². The Morgan fingerprint density at radius 1 is 1.07 bits per heavy atom. The highest BCUT2D eigenvalue weighted by atomic mass is 35.5. The largest absolute Gasteiger partial charge is 0.456 e. The molecule has 0 unspecified atom stereocenters. The molecule has 3 N–H and O–H groups in total. The number of nitriles is 1. The van der Waals surface area contributed by atoms with E-state index in [1.54, 1.807) is 10.7 Å². The number of fused-ring (bicyclic) bond motifs is 1. The third-order valence-corrected chi connectivity index (χ3v) is 6.97. The van der Waals surface area contributed by atoms with Crippen molar-refractivity contribution in [2.45, 2.75) is 31.3 Å². The number of H-pyrrole nitrogens is 1. The molecule has 0 aliphatic carbocycles. The Balaban J connectivity index is 1.19. The summed E-state index contributed by atoms with van der Waals surface area (Å²) in [5, 5.41) is 40.5. The molecule has 13 heteroatoms. The maximum absolute atomic E-state index is 10.2. The first-order valence-electron chi connectivity index (χ1n) is 12.5. The smallest absolute Gasteiger partial charge is 0.296 e. The van der Waals surface area contributed by atoms with Crippen LogP contribution >= 0.6 is 11.6 Å². The summed E-state index contributed by atoms with van der Waals surface area (Å²) in [5.41, 5.74) is 5.27. The summed E-state index contributed by atoms with van der Waals surface area (Å²) >= 11 is 6.57. The molecule has 4 heterocycles. The Labute approximate surface area is 232 Å². The Hall–Kier alpha value is -4.41. The van der Waals surface area contributed by atoms with Crippen LogP contribution in [0.1, 0.15) is 6.42 Å². The molecule has 0 radical (unpaired) electrons. The van der Waals surface area contributed by atoms with Crippen molar-refractivity contribution in [2.75, 3.05) is 13.2 Å². The average molecular weight is 559 g/mol. The van der Waals surface area contributed by atoms with E-state index >= 15 is 0 Å². The number of nitrogens with zero attached hydrogens (tertiary/aromatic N) is 7. The molecule has 0 amide bonds. The second-order valence-electron chi connectivity index (χ2n) is 9.22. The summed E-state index contributed by atoms with van der Waals surface area (Å²) in [6, 6.07) is 19.7. The van der Waals surface area contributed by atoms with Gasteiger partial charge in [0.2, 0.25) is 0 Å². The fourth-order valence-corrected chi connectivity index (χ4v) is 4.83. The molecule has 1 fully saturated rings. The second-order valence-corrected chi connectivity index (χ2v) is 9.63. The summed E-state index contributed by atoms with van der Waals surface area (Å²) in [7, 11) is 0. The van der Waals surface area contributed by atoms with Gasteiger partial charge in [0, 0.05) is 11.1 Å². The predicted octanol–water partition coefficient (Wildman–Crippen LogP) is 3.01.